The van der Waals surface area contributed by atoms with Crippen LogP contribution in [0.3, 0.4) is 0 Å². The molecule has 1 aliphatic carbocycles. The van der Waals surface area contributed by atoms with Crippen molar-refractivity contribution in [3.05, 3.63) is 52.6 Å². The van der Waals surface area contributed by atoms with E-state index in [2.05, 4.69) is 5.10 Å². The van der Waals surface area contributed by atoms with E-state index in [4.69, 9.17) is 4.74 Å². The molecular weight excluding hydrogens is 478 g/mol. The van der Waals surface area contributed by atoms with E-state index in [1.165, 1.54) is 28.9 Å². The zero-order valence-electron chi connectivity index (χ0n) is 20.5. The fourth-order valence-electron chi connectivity index (χ4n) is 5.32. The Bertz CT molecular complexity index is 1090. The molecule has 2 heterocycles. The molecule has 0 bridgehead atoms. The molecule has 196 valence electrons. The van der Waals surface area contributed by atoms with Crippen molar-refractivity contribution < 1.29 is 31.9 Å². The van der Waals surface area contributed by atoms with Crippen LogP contribution in [0.4, 0.5) is 17.6 Å². The number of alkyl halides is 3. The van der Waals surface area contributed by atoms with Crippen molar-refractivity contribution in [2.75, 3.05) is 13.2 Å². The summed E-state index contributed by atoms with van der Waals surface area (Å²) in [4.78, 5) is 26.7. The van der Waals surface area contributed by atoms with Crippen LogP contribution in [-0.4, -0.2) is 39.7 Å². The van der Waals surface area contributed by atoms with E-state index in [1.807, 2.05) is 0 Å². The summed E-state index contributed by atoms with van der Waals surface area (Å²) in [5, 5.41) is 3.93. The number of rotatable bonds is 6. The SMILES string of the molecule is CCOC(=O)[C@H]1CC[C@@H](CC(=O)N2CCc3c(C(F)(F)F)nn(C(C)c4ccc(F)cc4)c3C2)CC1. The highest BCUT2D eigenvalue weighted by Crippen LogP contribution is 2.38. The highest BCUT2D eigenvalue weighted by molar-refractivity contribution is 5.77. The van der Waals surface area contributed by atoms with Crippen LogP contribution in [-0.2, 0) is 33.5 Å². The maximum atomic E-state index is 13.8. The van der Waals surface area contributed by atoms with Gasteiger partial charge in [0.1, 0.15) is 5.82 Å². The lowest BCUT2D eigenvalue weighted by molar-refractivity contribution is -0.149. The number of carbonyl (C=O) groups is 2. The van der Waals surface area contributed by atoms with E-state index in [9.17, 15) is 27.2 Å². The molecule has 1 amide bonds. The molecule has 0 saturated heterocycles. The number of halogens is 4. The number of nitrogens with zero attached hydrogens (tertiary/aromatic N) is 3. The second kappa shape index (κ2) is 10.6. The molecule has 1 fully saturated rings. The van der Waals surface area contributed by atoms with Gasteiger partial charge < -0.3 is 9.64 Å². The molecule has 6 nitrogen and oxygen atoms in total. The fourth-order valence-corrected chi connectivity index (χ4v) is 5.32. The summed E-state index contributed by atoms with van der Waals surface area (Å²) in [5.41, 5.74) is 0.188. The highest BCUT2D eigenvalue weighted by atomic mass is 19.4. The molecule has 10 heteroatoms. The lowest BCUT2D eigenvalue weighted by Crippen LogP contribution is -2.38. The minimum Gasteiger partial charge on any atom is -0.466 e. The van der Waals surface area contributed by atoms with Crippen LogP contribution in [0.5, 0.6) is 0 Å². The molecule has 2 aromatic rings. The van der Waals surface area contributed by atoms with Crippen molar-refractivity contribution in [3.63, 3.8) is 0 Å². The maximum Gasteiger partial charge on any atom is 0.435 e. The van der Waals surface area contributed by atoms with Gasteiger partial charge in [-0.05, 0) is 69.6 Å². The number of benzene rings is 1. The van der Waals surface area contributed by atoms with Gasteiger partial charge in [-0.3, -0.25) is 14.3 Å². The van der Waals surface area contributed by atoms with Crippen molar-refractivity contribution >= 4 is 11.9 Å². The molecular formula is C26H31F4N3O3. The zero-order chi connectivity index (χ0) is 26.0. The molecule has 1 aromatic heterocycles. The second-order valence-electron chi connectivity index (χ2n) is 9.68. The molecule has 36 heavy (non-hydrogen) atoms. The third-order valence-electron chi connectivity index (χ3n) is 7.36. The average molecular weight is 510 g/mol. The van der Waals surface area contributed by atoms with Gasteiger partial charge in [0.25, 0.3) is 0 Å². The Morgan fingerprint density at radius 2 is 1.81 bits per heavy atom. The van der Waals surface area contributed by atoms with Crippen LogP contribution in [0.1, 0.15) is 74.5 Å². The number of fused-ring (bicyclic) bond motifs is 1. The van der Waals surface area contributed by atoms with E-state index < -0.39 is 23.7 Å². The van der Waals surface area contributed by atoms with E-state index in [0.717, 1.165) is 12.8 Å². The smallest absolute Gasteiger partial charge is 0.435 e. The van der Waals surface area contributed by atoms with Crippen molar-refractivity contribution in [1.82, 2.24) is 14.7 Å². The number of esters is 1. The van der Waals surface area contributed by atoms with Gasteiger partial charge in [-0.2, -0.15) is 18.3 Å². The molecule has 0 radical (unpaired) electrons. The van der Waals surface area contributed by atoms with Crippen molar-refractivity contribution in [2.45, 2.75) is 71.1 Å². The standard InChI is InChI=1S/C26H31F4N3O3/c1-3-36-25(35)19-6-4-17(5-7-19)14-23(34)32-13-12-21-22(15-32)33(31-24(21)26(28,29)30)16(2)18-8-10-20(27)11-9-18/h8-11,16-17,19H,3-7,12-15H2,1-2H3/t16?,17-,19+. The Hall–Kier alpha value is -2.91. The number of hydrogen-bond acceptors (Lipinski definition) is 4. The Labute approximate surface area is 207 Å². The second-order valence-corrected chi connectivity index (χ2v) is 9.68. The molecule has 0 spiro atoms. The van der Waals surface area contributed by atoms with Gasteiger partial charge in [-0.25, -0.2) is 4.39 Å². The average Bonchev–Trinajstić information content (AvgIpc) is 3.24. The number of ether oxygens (including phenoxy) is 1. The van der Waals surface area contributed by atoms with Gasteiger partial charge in [0.05, 0.1) is 30.8 Å². The van der Waals surface area contributed by atoms with Crippen molar-refractivity contribution in [2.24, 2.45) is 11.8 Å². The largest absolute Gasteiger partial charge is 0.466 e. The lowest BCUT2D eigenvalue weighted by Gasteiger charge is -2.32. The molecule has 1 aliphatic heterocycles. The molecule has 1 saturated carbocycles. The first-order valence-electron chi connectivity index (χ1n) is 12.5. The molecule has 0 N–H and O–H groups in total. The van der Waals surface area contributed by atoms with Gasteiger partial charge in [0.2, 0.25) is 5.91 Å². The predicted octanol–water partition coefficient (Wildman–Crippen LogP) is 5.29. The topological polar surface area (TPSA) is 64.4 Å². The number of carbonyl (C=O) groups excluding carboxylic acids is 2. The summed E-state index contributed by atoms with van der Waals surface area (Å²) < 4.78 is 61.1. The minimum atomic E-state index is -4.61. The summed E-state index contributed by atoms with van der Waals surface area (Å²) in [6.45, 7) is 4.07. The Morgan fingerprint density at radius 1 is 1.14 bits per heavy atom. The summed E-state index contributed by atoms with van der Waals surface area (Å²) in [6.07, 6.45) is -1.39. The van der Waals surface area contributed by atoms with Gasteiger partial charge in [0, 0.05) is 18.5 Å². The highest BCUT2D eigenvalue weighted by Gasteiger charge is 2.41. The van der Waals surface area contributed by atoms with Gasteiger partial charge in [-0.1, -0.05) is 12.1 Å². The maximum absolute atomic E-state index is 13.8. The summed E-state index contributed by atoms with van der Waals surface area (Å²) in [7, 11) is 0. The van der Waals surface area contributed by atoms with Crippen LogP contribution in [0.15, 0.2) is 24.3 Å². The molecule has 1 aromatic carbocycles. The van der Waals surface area contributed by atoms with E-state index in [0.29, 0.717) is 37.1 Å². The minimum absolute atomic E-state index is 0.0426. The first-order chi connectivity index (χ1) is 17.1. The van der Waals surface area contributed by atoms with Gasteiger partial charge in [-0.15, -0.1) is 0 Å². The zero-order valence-corrected chi connectivity index (χ0v) is 20.5. The summed E-state index contributed by atoms with van der Waals surface area (Å²) in [5.74, 6) is -0.710. The fraction of sp³-hybridized carbons (Fsp3) is 0.577. The third kappa shape index (κ3) is 5.57. The summed E-state index contributed by atoms with van der Waals surface area (Å²) in [6, 6.07) is 5.01. The van der Waals surface area contributed by atoms with Crippen LogP contribution in [0.25, 0.3) is 0 Å². The molecule has 4 rings (SSSR count). The van der Waals surface area contributed by atoms with Crippen LogP contribution in [0, 0.1) is 17.7 Å². The van der Waals surface area contributed by atoms with Crippen LogP contribution in [0.2, 0.25) is 0 Å². The Kier molecular flexibility index (Phi) is 7.70. The van der Waals surface area contributed by atoms with E-state index in [1.54, 1.807) is 18.7 Å². The Morgan fingerprint density at radius 3 is 2.42 bits per heavy atom. The normalized spacial score (nSPS) is 21.1. The van der Waals surface area contributed by atoms with Crippen LogP contribution >= 0.6 is 0 Å². The third-order valence-corrected chi connectivity index (χ3v) is 7.36. The quantitative estimate of drug-likeness (QED) is 0.392. The van der Waals surface area contributed by atoms with Crippen molar-refractivity contribution in [1.29, 1.82) is 0 Å². The Balaban J connectivity index is 1.48. The molecule has 1 unspecified atom stereocenters. The number of aromatic nitrogens is 2. The number of amides is 1. The van der Waals surface area contributed by atoms with Crippen molar-refractivity contribution in [3.8, 4) is 0 Å². The predicted molar refractivity (Wildman–Crippen MR) is 123 cm³/mol. The van der Waals surface area contributed by atoms with Crippen LogP contribution < -0.4 is 0 Å². The first kappa shape index (κ1) is 26.2. The summed E-state index contributed by atoms with van der Waals surface area (Å²) >= 11 is 0. The lowest BCUT2D eigenvalue weighted by atomic mass is 9.80. The van der Waals surface area contributed by atoms with E-state index in [-0.39, 0.29) is 48.8 Å². The van der Waals surface area contributed by atoms with Gasteiger partial charge in [0.15, 0.2) is 5.69 Å². The molecule has 1 atom stereocenters. The number of hydrogen-bond donors (Lipinski definition) is 0. The van der Waals surface area contributed by atoms with Gasteiger partial charge >= 0.3 is 12.1 Å². The monoisotopic (exact) mass is 509 g/mol. The van der Waals surface area contributed by atoms with E-state index >= 15 is 0 Å². The first-order valence-corrected chi connectivity index (χ1v) is 12.5. The molecule has 2 aliphatic rings.